The van der Waals surface area contributed by atoms with Crippen LogP contribution >= 0.6 is 0 Å². The Kier molecular flexibility index (Phi) is 7.00. The highest BCUT2D eigenvalue weighted by atomic mass is 19.1. The van der Waals surface area contributed by atoms with Gasteiger partial charge in [0.1, 0.15) is 34.9 Å². The van der Waals surface area contributed by atoms with E-state index in [1.54, 1.807) is 42.3 Å². The number of aryl methyl sites for hydroxylation is 1. The fourth-order valence-corrected chi connectivity index (χ4v) is 4.01. The molecule has 0 saturated carbocycles. The summed E-state index contributed by atoms with van der Waals surface area (Å²) in [5.41, 5.74) is 1.63. The second-order valence-corrected chi connectivity index (χ2v) is 8.80. The van der Waals surface area contributed by atoms with Crippen molar-refractivity contribution in [2.45, 2.75) is 45.8 Å². The molecule has 4 rings (SSSR count). The van der Waals surface area contributed by atoms with Crippen LogP contribution in [-0.2, 0) is 4.79 Å². The van der Waals surface area contributed by atoms with E-state index in [0.717, 1.165) is 0 Å². The van der Waals surface area contributed by atoms with E-state index in [0.29, 0.717) is 48.5 Å². The predicted octanol–water partition coefficient (Wildman–Crippen LogP) is 3.30. The maximum atomic E-state index is 13.3. The van der Waals surface area contributed by atoms with Crippen LogP contribution in [0.5, 0.6) is 5.75 Å². The number of nitrogens with zero attached hydrogens (tertiary/aromatic N) is 4. The lowest BCUT2D eigenvalue weighted by atomic mass is 10.00. The van der Waals surface area contributed by atoms with Gasteiger partial charge in [0.15, 0.2) is 5.65 Å². The number of fused-ring (bicyclic) bond motifs is 1. The lowest BCUT2D eigenvalue weighted by Gasteiger charge is -2.35. The number of hydrogen-bond donors (Lipinski definition) is 1. The molecule has 1 fully saturated rings. The summed E-state index contributed by atoms with van der Waals surface area (Å²) in [5, 5.41) is 2.87. The van der Waals surface area contributed by atoms with Gasteiger partial charge in [-0.3, -0.25) is 9.59 Å². The molecule has 0 unspecified atom stereocenters. The van der Waals surface area contributed by atoms with Crippen LogP contribution in [0, 0.1) is 18.7 Å². The molecule has 1 aliphatic rings. The van der Waals surface area contributed by atoms with Crippen molar-refractivity contribution in [2.75, 3.05) is 13.1 Å². The Morgan fingerprint density at radius 2 is 1.82 bits per heavy atom. The van der Waals surface area contributed by atoms with Crippen molar-refractivity contribution >= 4 is 23.0 Å². The van der Waals surface area contributed by atoms with E-state index >= 15 is 0 Å². The van der Waals surface area contributed by atoms with Crippen molar-refractivity contribution in [3.8, 4) is 5.75 Å². The minimum atomic E-state index is -0.687. The highest BCUT2D eigenvalue weighted by Crippen LogP contribution is 2.21. The van der Waals surface area contributed by atoms with Crippen molar-refractivity contribution in [1.82, 2.24) is 25.2 Å². The van der Waals surface area contributed by atoms with Gasteiger partial charge < -0.3 is 15.0 Å². The first-order chi connectivity index (χ1) is 16.3. The topological polar surface area (TPSA) is 97.3 Å². The van der Waals surface area contributed by atoms with Gasteiger partial charge in [0.05, 0.1) is 5.69 Å². The fraction of sp³-hybridized carbons (Fsp3) is 0.400. The molecule has 1 N–H and O–H groups in total. The second kappa shape index (κ2) is 10.1. The third-order valence-electron chi connectivity index (χ3n) is 5.92. The first-order valence-electron chi connectivity index (χ1n) is 11.4. The maximum absolute atomic E-state index is 13.3. The number of carbonyl (C=O) groups excluding carboxylic acids is 2. The first-order valence-corrected chi connectivity index (χ1v) is 11.4. The SMILES string of the molecule is Cc1nc2ncccc2nc1C(=O)N[C@H](C(=O)N1CCC(Oc2ccc(F)cc2)CC1)C(C)C. The molecule has 3 aromatic rings. The van der Waals surface area contributed by atoms with Gasteiger partial charge in [-0.05, 0) is 49.2 Å². The van der Waals surface area contributed by atoms with Crippen LogP contribution in [0.1, 0.15) is 42.9 Å². The predicted molar refractivity (Wildman–Crippen MR) is 125 cm³/mol. The number of likely N-dealkylation sites (tertiary alicyclic amines) is 1. The number of aromatic nitrogens is 3. The molecule has 0 aliphatic carbocycles. The lowest BCUT2D eigenvalue weighted by Crippen LogP contribution is -2.53. The number of ether oxygens (including phenoxy) is 1. The normalized spacial score (nSPS) is 15.4. The molecule has 8 nitrogen and oxygen atoms in total. The average Bonchev–Trinajstić information content (AvgIpc) is 2.83. The number of amides is 2. The summed E-state index contributed by atoms with van der Waals surface area (Å²) < 4.78 is 19.0. The maximum Gasteiger partial charge on any atom is 0.272 e. The number of pyridine rings is 1. The molecule has 1 saturated heterocycles. The highest BCUT2D eigenvalue weighted by molar-refractivity contribution is 5.98. The smallest absolute Gasteiger partial charge is 0.272 e. The van der Waals surface area contributed by atoms with Crippen LogP contribution in [0.25, 0.3) is 11.2 Å². The number of piperidine rings is 1. The number of hydrogen-bond acceptors (Lipinski definition) is 6. The van der Waals surface area contributed by atoms with E-state index in [4.69, 9.17) is 4.74 Å². The van der Waals surface area contributed by atoms with Gasteiger partial charge in [0, 0.05) is 32.1 Å². The molecule has 2 amide bonds. The molecule has 1 atom stereocenters. The lowest BCUT2D eigenvalue weighted by molar-refractivity contribution is -0.136. The summed E-state index contributed by atoms with van der Waals surface area (Å²) in [6.07, 6.45) is 2.89. The minimum Gasteiger partial charge on any atom is -0.490 e. The minimum absolute atomic E-state index is 0.0502. The standard InChI is InChI=1S/C25H28FN5O3/c1-15(2)21(30-24(32)22-16(3)28-23-20(29-22)5-4-12-27-23)25(33)31-13-10-19(11-14-31)34-18-8-6-17(26)7-9-18/h4-9,12,15,19,21H,10-11,13-14H2,1-3H3,(H,30,32)/t21-/m0/s1. The average molecular weight is 466 g/mol. The van der Waals surface area contributed by atoms with Gasteiger partial charge in [-0.25, -0.2) is 19.3 Å². The number of rotatable bonds is 6. The third kappa shape index (κ3) is 5.30. The quantitative estimate of drug-likeness (QED) is 0.600. The number of nitrogens with one attached hydrogen (secondary N) is 1. The summed E-state index contributed by atoms with van der Waals surface area (Å²) >= 11 is 0. The van der Waals surface area contributed by atoms with Gasteiger partial charge in [-0.2, -0.15) is 0 Å². The summed E-state index contributed by atoms with van der Waals surface area (Å²) in [5.74, 6) is -0.370. The molecule has 0 spiro atoms. The summed E-state index contributed by atoms with van der Waals surface area (Å²) in [7, 11) is 0. The highest BCUT2D eigenvalue weighted by Gasteiger charge is 2.32. The Hall–Kier alpha value is -3.62. The van der Waals surface area contributed by atoms with Crippen LogP contribution < -0.4 is 10.1 Å². The van der Waals surface area contributed by atoms with Crippen molar-refractivity contribution < 1.29 is 18.7 Å². The van der Waals surface area contributed by atoms with Gasteiger partial charge in [0.2, 0.25) is 5.91 Å². The van der Waals surface area contributed by atoms with Crippen LogP contribution in [-0.4, -0.2) is 56.9 Å². The molecule has 9 heteroatoms. The Balaban J connectivity index is 1.39. The molecule has 34 heavy (non-hydrogen) atoms. The van der Waals surface area contributed by atoms with Crippen molar-refractivity contribution in [3.63, 3.8) is 0 Å². The Morgan fingerprint density at radius 1 is 1.12 bits per heavy atom. The number of halogens is 1. The zero-order valence-corrected chi connectivity index (χ0v) is 19.5. The largest absolute Gasteiger partial charge is 0.490 e. The van der Waals surface area contributed by atoms with Crippen LogP contribution in [0.3, 0.4) is 0 Å². The van der Waals surface area contributed by atoms with Crippen molar-refractivity contribution in [1.29, 1.82) is 0 Å². The molecule has 0 bridgehead atoms. The summed E-state index contributed by atoms with van der Waals surface area (Å²) in [4.78, 5) is 41.0. The fourth-order valence-electron chi connectivity index (χ4n) is 4.01. The monoisotopic (exact) mass is 465 g/mol. The molecule has 1 aliphatic heterocycles. The van der Waals surface area contributed by atoms with E-state index in [2.05, 4.69) is 20.3 Å². The van der Waals surface area contributed by atoms with Gasteiger partial charge in [0.25, 0.3) is 5.91 Å². The van der Waals surface area contributed by atoms with Crippen LogP contribution in [0.4, 0.5) is 4.39 Å². The zero-order chi connectivity index (χ0) is 24.2. The van der Waals surface area contributed by atoms with Crippen LogP contribution in [0.2, 0.25) is 0 Å². The van der Waals surface area contributed by atoms with Gasteiger partial charge in [-0.1, -0.05) is 13.8 Å². The molecular formula is C25H28FN5O3. The Labute approximate surface area is 197 Å². The zero-order valence-electron chi connectivity index (χ0n) is 19.5. The number of carbonyl (C=O) groups is 2. The summed E-state index contributed by atoms with van der Waals surface area (Å²) in [6.45, 7) is 6.54. The van der Waals surface area contributed by atoms with E-state index in [-0.39, 0.29) is 29.4 Å². The Morgan fingerprint density at radius 3 is 2.50 bits per heavy atom. The Bertz CT molecular complexity index is 1180. The molecular weight excluding hydrogens is 437 g/mol. The van der Waals surface area contributed by atoms with Crippen LogP contribution in [0.15, 0.2) is 42.6 Å². The summed E-state index contributed by atoms with van der Waals surface area (Å²) in [6, 6.07) is 8.72. The van der Waals surface area contributed by atoms with Gasteiger partial charge in [-0.15, -0.1) is 0 Å². The van der Waals surface area contributed by atoms with Gasteiger partial charge >= 0.3 is 0 Å². The van der Waals surface area contributed by atoms with E-state index in [9.17, 15) is 14.0 Å². The number of benzene rings is 1. The molecule has 0 radical (unpaired) electrons. The van der Waals surface area contributed by atoms with Crippen molar-refractivity contribution in [2.24, 2.45) is 5.92 Å². The van der Waals surface area contributed by atoms with E-state index in [1.807, 2.05) is 13.8 Å². The third-order valence-corrected chi connectivity index (χ3v) is 5.92. The first kappa shape index (κ1) is 23.5. The van der Waals surface area contributed by atoms with Crippen molar-refractivity contribution in [3.05, 3.63) is 59.8 Å². The van der Waals surface area contributed by atoms with E-state index in [1.165, 1.54) is 12.1 Å². The molecule has 3 heterocycles. The molecule has 178 valence electrons. The van der Waals surface area contributed by atoms with E-state index < -0.39 is 11.9 Å². The second-order valence-electron chi connectivity index (χ2n) is 8.80. The molecule has 2 aromatic heterocycles. The molecule has 1 aromatic carbocycles.